The van der Waals surface area contributed by atoms with E-state index in [-0.39, 0.29) is 33.6 Å². The summed E-state index contributed by atoms with van der Waals surface area (Å²) < 4.78 is 25.5. The van der Waals surface area contributed by atoms with Gasteiger partial charge in [0.2, 0.25) is 0 Å². The highest BCUT2D eigenvalue weighted by molar-refractivity contribution is 7.99. The van der Waals surface area contributed by atoms with Crippen molar-refractivity contribution in [3.63, 3.8) is 0 Å². The summed E-state index contributed by atoms with van der Waals surface area (Å²) in [6.45, 7) is 1.81. The molecule has 0 aliphatic heterocycles. The van der Waals surface area contributed by atoms with E-state index in [9.17, 15) is 23.7 Å². The zero-order chi connectivity index (χ0) is 22.4. The molecule has 2 N–H and O–H groups in total. The Morgan fingerprint density at radius 3 is 2.52 bits per heavy atom. The lowest BCUT2D eigenvalue weighted by Crippen LogP contribution is -2.14. The van der Waals surface area contributed by atoms with E-state index in [1.54, 1.807) is 30.5 Å². The molecule has 31 heavy (non-hydrogen) atoms. The number of para-hydroxylation sites is 1. The first-order valence-electron chi connectivity index (χ1n) is 9.16. The van der Waals surface area contributed by atoms with Crippen molar-refractivity contribution in [2.24, 2.45) is 0 Å². The fraction of sp³-hybridized carbons (Fsp3) is 0.143. The maximum absolute atomic E-state index is 12.7. The number of thioether (sulfide) groups is 1. The van der Waals surface area contributed by atoms with E-state index >= 15 is 0 Å². The number of carbonyl (C=O) groups excluding carboxylic acids is 1. The quantitative estimate of drug-likeness (QED) is 0.262. The summed E-state index contributed by atoms with van der Waals surface area (Å²) >= 11 is 0.305. The van der Waals surface area contributed by atoms with Crippen LogP contribution in [0.3, 0.4) is 0 Å². The van der Waals surface area contributed by atoms with Crippen LogP contribution in [0.5, 0.6) is 0 Å². The number of hydrogen-bond donors (Lipinski definition) is 2. The van der Waals surface area contributed by atoms with Gasteiger partial charge in [-0.05, 0) is 43.3 Å². The number of nitro benzene ring substituents is 1. The highest BCUT2D eigenvalue weighted by Gasteiger charge is 2.20. The van der Waals surface area contributed by atoms with E-state index in [1.165, 1.54) is 24.3 Å². The third-order valence-electron chi connectivity index (χ3n) is 4.31. The molecule has 0 aliphatic rings. The lowest BCUT2D eigenvalue weighted by Gasteiger charge is -2.15. The third kappa shape index (κ3) is 5.76. The van der Waals surface area contributed by atoms with Crippen LogP contribution in [0.15, 0.2) is 71.8 Å². The second kappa shape index (κ2) is 9.98. The molecule has 0 bridgehead atoms. The molecule has 160 valence electrons. The Morgan fingerprint density at radius 1 is 1.10 bits per heavy atom. The van der Waals surface area contributed by atoms with Gasteiger partial charge in [0.15, 0.2) is 0 Å². The molecule has 0 saturated carbocycles. The van der Waals surface area contributed by atoms with Crippen LogP contribution in [0, 0.1) is 10.1 Å². The number of pyridine rings is 1. The number of nitrogens with zero attached hydrogens (tertiary/aromatic N) is 2. The second-order valence-electron chi connectivity index (χ2n) is 6.44. The zero-order valence-electron chi connectivity index (χ0n) is 16.3. The molecule has 3 rings (SSSR count). The van der Waals surface area contributed by atoms with E-state index in [4.69, 9.17) is 0 Å². The summed E-state index contributed by atoms with van der Waals surface area (Å²) in [6.07, 6.45) is 1.62. The maximum atomic E-state index is 12.7. The van der Waals surface area contributed by atoms with Crippen LogP contribution < -0.4 is 10.6 Å². The van der Waals surface area contributed by atoms with Crippen molar-refractivity contribution in [1.82, 2.24) is 4.98 Å². The van der Waals surface area contributed by atoms with Crippen molar-refractivity contribution in [2.75, 3.05) is 10.6 Å². The molecule has 0 fully saturated rings. The molecule has 0 spiro atoms. The fourth-order valence-electron chi connectivity index (χ4n) is 2.85. The van der Waals surface area contributed by atoms with Gasteiger partial charge in [-0.15, -0.1) is 0 Å². The Bertz CT molecular complexity index is 1080. The molecule has 0 radical (unpaired) electrons. The Balaban J connectivity index is 1.82. The number of alkyl halides is 2. The van der Waals surface area contributed by atoms with E-state index in [0.717, 1.165) is 6.07 Å². The van der Waals surface area contributed by atoms with Gasteiger partial charge in [-0.1, -0.05) is 30.0 Å². The van der Waals surface area contributed by atoms with Crippen molar-refractivity contribution >= 4 is 34.7 Å². The van der Waals surface area contributed by atoms with Gasteiger partial charge in [0, 0.05) is 22.7 Å². The number of amides is 1. The minimum absolute atomic E-state index is 0.0274. The van der Waals surface area contributed by atoms with Gasteiger partial charge in [-0.3, -0.25) is 19.9 Å². The summed E-state index contributed by atoms with van der Waals surface area (Å²) in [5, 5.41) is 17.2. The van der Waals surface area contributed by atoms with Gasteiger partial charge in [-0.2, -0.15) is 8.78 Å². The van der Waals surface area contributed by atoms with Gasteiger partial charge < -0.3 is 10.6 Å². The number of nitro groups is 1. The molecule has 2 aromatic carbocycles. The summed E-state index contributed by atoms with van der Waals surface area (Å²) in [5.74, 6) is -3.29. The first kappa shape index (κ1) is 22.2. The van der Waals surface area contributed by atoms with Crippen LogP contribution in [-0.4, -0.2) is 21.6 Å². The molecule has 1 unspecified atom stereocenters. The van der Waals surface area contributed by atoms with Crippen molar-refractivity contribution < 1.29 is 18.5 Å². The fourth-order valence-corrected chi connectivity index (χ4v) is 3.44. The standard InChI is InChI=1S/C21H18F2N4O3S/c1-13(15-6-4-5-11-24-15)25-16-10-9-14(12-18(16)27(29)30)20(28)26-17-7-2-3-8-19(17)31-21(22)23/h2-13,21,25H,1H3,(H,26,28). The number of rotatable bonds is 8. The van der Waals surface area contributed by atoms with Crippen molar-refractivity contribution in [1.29, 1.82) is 0 Å². The highest BCUT2D eigenvalue weighted by atomic mass is 32.2. The number of halogens is 2. The van der Waals surface area contributed by atoms with E-state index < -0.39 is 16.6 Å². The van der Waals surface area contributed by atoms with E-state index in [2.05, 4.69) is 15.6 Å². The van der Waals surface area contributed by atoms with Gasteiger partial charge in [0.1, 0.15) is 5.69 Å². The minimum Gasteiger partial charge on any atom is -0.371 e. The summed E-state index contributed by atoms with van der Waals surface area (Å²) in [4.78, 5) is 28.0. The van der Waals surface area contributed by atoms with Gasteiger partial charge >= 0.3 is 0 Å². The topological polar surface area (TPSA) is 97.2 Å². The lowest BCUT2D eigenvalue weighted by molar-refractivity contribution is -0.384. The predicted octanol–water partition coefficient (Wildman–Crippen LogP) is 5.73. The van der Waals surface area contributed by atoms with E-state index in [0.29, 0.717) is 17.5 Å². The molecule has 1 amide bonds. The lowest BCUT2D eigenvalue weighted by atomic mass is 10.1. The van der Waals surface area contributed by atoms with Crippen molar-refractivity contribution in [2.45, 2.75) is 23.6 Å². The van der Waals surface area contributed by atoms with E-state index in [1.807, 2.05) is 13.0 Å². The largest absolute Gasteiger partial charge is 0.371 e. The summed E-state index contributed by atoms with van der Waals surface area (Å²) in [6, 6.07) is 15.2. The normalized spacial score (nSPS) is 11.7. The Kier molecular flexibility index (Phi) is 7.14. The Morgan fingerprint density at radius 2 is 1.84 bits per heavy atom. The van der Waals surface area contributed by atoms with Crippen LogP contribution >= 0.6 is 11.8 Å². The number of anilines is 2. The van der Waals surface area contributed by atoms with Crippen LogP contribution in [0.2, 0.25) is 0 Å². The SMILES string of the molecule is CC(Nc1ccc(C(=O)Nc2ccccc2SC(F)F)cc1[N+](=O)[O-])c1ccccn1. The molecule has 0 aliphatic carbocycles. The minimum atomic E-state index is -2.65. The van der Waals surface area contributed by atoms with Gasteiger partial charge in [0.25, 0.3) is 17.4 Å². The molecular formula is C21H18F2N4O3S. The monoisotopic (exact) mass is 444 g/mol. The predicted molar refractivity (Wildman–Crippen MR) is 116 cm³/mol. The average molecular weight is 444 g/mol. The van der Waals surface area contributed by atoms with Crippen LogP contribution in [0.4, 0.5) is 25.8 Å². The summed E-state index contributed by atoms with van der Waals surface area (Å²) in [7, 11) is 0. The molecule has 10 heteroatoms. The molecule has 7 nitrogen and oxygen atoms in total. The molecule has 1 atom stereocenters. The second-order valence-corrected chi connectivity index (χ2v) is 7.47. The first-order valence-corrected chi connectivity index (χ1v) is 10.0. The van der Waals surface area contributed by atoms with Crippen LogP contribution in [0.1, 0.15) is 29.0 Å². The number of hydrogen-bond acceptors (Lipinski definition) is 6. The number of benzene rings is 2. The number of nitrogens with one attached hydrogen (secondary N) is 2. The molecule has 3 aromatic rings. The molecule has 1 aromatic heterocycles. The van der Waals surface area contributed by atoms with Crippen molar-refractivity contribution in [3.05, 3.63) is 88.2 Å². The maximum Gasteiger partial charge on any atom is 0.293 e. The van der Waals surface area contributed by atoms with Crippen molar-refractivity contribution in [3.8, 4) is 0 Å². The van der Waals surface area contributed by atoms with Gasteiger partial charge in [0.05, 0.1) is 22.3 Å². The van der Waals surface area contributed by atoms with Crippen LogP contribution in [0.25, 0.3) is 0 Å². The average Bonchev–Trinajstić information content (AvgIpc) is 2.75. The summed E-state index contributed by atoms with van der Waals surface area (Å²) in [5.41, 5.74) is 0.872. The molecule has 0 saturated heterocycles. The smallest absolute Gasteiger partial charge is 0.293 e. The molecular weight excluding hydrogens is 426 g/mol. The zero-order valence-corrected chi connectivity index (χ0v) is 17.1. The van der Waals surface area contributed by atoms with Crippen LogP contribution in [-0.2, 0) is 0 Å². The highest BCUT2D eigenvalue weighted by Crippen LogP contribution is 2.33. The van der Waals surface area contributed by atoms with Gasteiger partial charge in [-0.25, -0.2) is 0 Å². The first-order chi connectivity index (χ1) is 14.8. The number of carbonyl (C=O) groups is 1. The Hall–Kier alpha value is -3.53. The molecule has 1 heterocycles. The number of aromatic nitrogens is 1. The third-order valence-corrected chi connectivity index (χ3v) is 5.10. The Labute approximate surface area is 181 Å².